The third-order valence-corrected chi connectivity index (χ3v) is 10.1. The maximum Gasteiger partial charge on any atom is 0.303 e. The molecule has 0 bridgehead atoms. The van der Waals surface area contributed by atoms with Gasteiger partial charge in [0.05, 0.1) is 12.2 Å². The van der Waals surface area contributed by atoms with Crippen molar-refractivity contribution in [3.8, 4) is 0 Å². The molecule has 4 aliphatic carbocycles. The Morgan fingerprint density at radius 3 is 2.41 bits per heavy atom. The number of hydrogen-bond acceptors (Lipinski definition) is 4. The maximum atomic E-state index is 12.1. The van der Waals surface area contributed by atoms with Gasteiger partial charge in [0.15, 0.2) is 0 Å². The molecule has 4 saturated carbocycles. The lowest BCUT2D eigenvalue weighted by atomic mass is 9.43. The van der Waals surface area contributed by atoms with Gasteiger partial charge < -0.3 is 15.3 Å². The monoisotopic (exact) mass is 406 g/mol. The number of rotatable bonds is 4. The van der Waals surface area contributed by atoms with Crippen molar-refractivity contribution < 1.29 is 24.9 Å². The van der Waals surface area contributed by atoms with Crippen molar-refractivity contribution in [1.82, 2.24) is 0 Å². The molecule has 0 saturated heterocycles. The molecular formula is C24H38O5. The van der Waals surface area contributed by atoms with E-state index in [1.165, 1.54) is 0 Å². The first-order chi connectivity index (χ1) is 13.6. The molecule has 5 nitrogen and oxygen atoms in total. The Morgan fingerprint density at radius 2 is 1.72 bits per heavy atom. The van der Waals surface area contributed by atoms with Crippen molar-refractivity contribution in [1.29, 1.82) is 0 Å². The van der Waals surface area contributed by atoms with Crippen LogP contribution in [0, 0.1) is 46.3 Å². The molecule has 0 heterocycles. The van der Waals surface area contributed by atoms with Crippen LogP contribution in [0.2, 0.25) is 0 Å². The van der Waals surface area contributed by atoms with E-state index in [0.29, 0.717) is 42.9 Å². The van der Waals surface area contributed by atoms with Crippen LogP contribution in [-0.4, -0.2) is 39.3 Å². The van der Waals surface area contributed by atoms with Crippen LogP contribution in [0.1, 0.15) is 78.6 Å². The predicted molar refractivity (Wildman–Crippen MR) is 109 cm³/mol. The smallest absolute Gasteiger partial charge is 0.303 e. The highest BCUT2D eigenvalue weighted by Crippen LogP contribution is 2.68. The fourth-order valence-corrected chi connectivity index (χ4v) is 8.58. The van der Waals surface area contributed by atoms with Crippen LogP contribution in [0.25, 0.3) is 0 Å². The van der Waals surface area contributed by atoms with Gasteiger partial charge in [0.25, 0.3) is 0 Å². The Bertz CT molecular complexity index is 676. The molecule has 0 unspecified atom stereocenters. The third kappa shape index (κ3) is 3.18. The van der Waals surface area contributed by atoms with Crippen molar-refractivity contribution >= 4 is 11.8 Å². The molecule has 0 aliphatic heterocycles. The zero-order chi connectivity index (χ0) is 21.1. The summed E-state index contributed by atoms with van der Waals surface area (Å²) in [6, 6.07) is 0. The van der Waals surface area contributed by atoms with Crippen molar-refractivity contribution in [2.75, 3.05) is 0 Å². The molecular weight excluding hydrogens is 368 g/mol. The molecule has 29 heavy (non-hydrogen) atoms. The lowest BCUT2D eigenvalue weighted by molar-refractivity contribution is -0.214. The van der Waals surface area contributed by atoms with E-state index in [9.17, 15) is 19.8 Å². The van der Waals surface area contributed by atoms with E-state index in [1.807, 2.05) is 0 Å². The van der Waals surface area contributed by atoms with Gasteiger partial charge in [0.2, 0.25) is 0 Å². The van der Waals surface area contributed by atoms with Crippen LogP contribution in [0.4, 0.5) is 0 Å². The number of carbonyl (C=O) groups excluding carboxylic acids is 1. The van der Waals surface area contributed by atoms with Crippen LogP contribution in [0.15, 0.2) is 0 Å². The number of carbonyl (C=O) groups is 2. The molecule has 4 fully saturated rings. The molecule has 164 valence electrons. The molecule has 5 heteroatoms. The molecule has 4 aliphatic rings. The van der Waals surface area contributed by atoms with E-state index in [-0.39, 0.29) is 34.9 Å². The SMILES string of the molecule is C[C@H](CCC(=O)O)[C@H]1CC[C@H]2[C@@H]3[C@H](O)[C@@H](O)[C@@H]4CC(=O)CC[C@]4(C)[C@H]3CC[C@]12C. The molecule has 4 rings (SSSR count). The normalized spacial score (nSPS) is 50.4. The summed E-state index contributed by atoms with van der Waals surface area (Å²) >= 11 is 0. The summed E-state index contributed by atoms with van der Waals surface area (Å²) in [4.78, 5) is 23.2. The molecule has 0 aromatic heterocycles. The van der Waals surface area contributed by atoms with Gasteiger partial charge in [-0.2, -0.15) is 0 Å². The zero-order valence-electron chi connectivity index (χ0n) is 18.1. The second-order valence-corrected chi connectivity index (χ2v) is 11.3. The quantitative estimate of drug-likeness (QED) is 0.662. The van der Waals surface area contributed by atoms with Crippen LogP contribution < -0.4 is 0 Å². The Morgan fingerprint density at radius 1 is 1.03 bits per heavy atom. The van der Waals surface area contributed by atoms with Crippen LogP contribution in [0.3, 0.4) is 0 Å². The lowest BCUT2D eigenvalue weighted by Gasteiger charge is -2.63. The molecule has 0 aromatic rings. The molecule has 10 atom stereocenters. The maximum absolute atomic E-state index is 12.1. The molecule has 0 radical (unpaired) electrons. The summed E-state index contributed by atoms with van der Waals surface area (Å²) in [5.41, 5.74) is 0.0407. The number of aliphatic carboxylic acids is 1. The van der Waals surface area contributed by atoms with Gasteiger partial charge in [-0.3, -0.25) is 9.59 Å². The topological polar surface area (TPSA) is 94.8 Å². The fourth-order valence-electron chi connectivity index (χ4n) is 8.58. The Hall–Kier alpha value is -0.940. The summed E-state index contributed by atoms with van der Waals surface area (Å²) in [7, 11) is 0. The minimum absolute atomic E-state index is 0.0639. The first kappa shape index (κ1) is 21.3. The number of fused-ring (bicyclic) bond motifs is 5. The van der Waals surface area contributed by atoms with Crippen molar-refractivity contribution in [3.05, 3.63) is 0 Å². The first-order valence-corrected chi connectivity index (χ1v) is 11.7. The minimum atomic E-state index is -0.809. The number of aliphatic hydroxyl groups excluding tert-OH is 2. The van der Waals surface area contributed by atoms with Gasteiger partial charge in [-0.25, -0.2) is 0 Å². The van der Waals surface area contributed by atoms with E-state index >= 15 is 0 Å². The summed E-state index contributed by atoms with van der Waals surface area (Å²) in [6.45, 7) is 6.83. The van der Waals surface area contributed by atoms with Crippen molar-refractivity contribution in [3.63, 3.8) is 0 Å². The van der Waals surface area contributed by atoms with Crippen molar-refractivity contribution in [2.45, 2.75) is 90.8 Å². The van der Waals surface area contributed by atoms with Crippen LogP contribution in [0.5, 0.6) is 0 Å². The highest BCUT2D eigenvalue weighted by Gasteiger charge is 2.65. The summed E-state index contributed by atoms with van der Waals surface area (Å²) in [6.07, 6.45) is 5.54. The summed E-state index contributed by atoms with van der Waals surface area (Å²) in [5, 5.41) is 31.4. The van der Waals surface area contributed by atoms with E-state index < -0.39 is 18.2 Å². The van der Waals surface area contributed by atoms with Gasteiger partial charge >= 0.3 is 5.97 Å². The molecule has 0 aromatic carbocycles. The molecule has 0 amide bonds. The lowest BCUT2D eigenvalue weighted by Crippen LogP contribution is -2.64. The van der Waals surface area contributed by atoms with E-state index in [2.05, 4.69) is 20.8 Å². The Kier molecular flexibility index (Phi) is 5.39. The van der Waals surface area contributed by atoms with Gasteiger partial charge in [0, 0.05) is 19.3 Å². The zero-order valence-corrected chi connectivity index (χ0v) is 18.1. The van der Waals surface area contributed by atoms with E-state index in [0.717, 1.165) is 32.1 Å². The highest BCUT2D eigenvalue weighted by atomic mass is 16.4. The second kappa shape index (κ2) is 7.33. The molecule has 3 N–H and O–H groups in total. The number of carboxylic acids is 1. The summed E-state index contributed by atoms with van der Waals surface area (Å²) in [5.74, 6) is 1.06. The Balaban J connectivity index is 1.60. The number of Topliss-reactive ketones (excluding diaryl/α,β-unsaturated/α-hetero) is 1. The van der Waals surface area contributed by atoms with E-state index in [4.69, 9.17) is 5.11 Å². The number of hydrogen-bond donors (Lipinski definition) is 3. The third-order valence-electron chi connectivity index (χ3n) is 10.1. The first-order valence-electron chi connectivity index (χ1n) is 11.7. The number of aliphatic hydroxyl groups is 2. The average Bonchev–Trinajstić information content (AvgIpc) is 3.02. The summed E-state index contributed by atoms with van der Waals surface area (Å²) < 4.78 is 0. The van der Waals surface area contributed by atoms with Crippen LogP contribution in [-0.2, 0) is 9.59 Å². The average molecular weight is 407 g/mol. The van der Waals surface area contributed by atoms with Gasteiger partial charge in [0.1, 0.15) is 5.78 Å². The van der Waals surface area contributed by atoms with E-state index in [1.54, 1.807) is 0 Å². The van der Waals surface area contributed by atoms with Gasteiger partial charge in [-0.15, -0.1) is 0 Å². The minimum Gasteiger partial charge on any atom is -0.481 e. The van der Waals surface area contributed by atoms with Gasteiger partial charge in [-0.05, 0) is 84.9 Å². The second-order valence-electron chi connectivity index (χ2n) is 11.3. The van der Waals surface area contributed by atoms with Crippen LogP contribution >= 0.6 is 0 Å². The Labute approximate surface area is 174 Å². The highest BCUT2D eigenvalue weighted by molar-refractivity contribution is 5.79. The number of ketones is 1. The number of carboxylic acid groups (broad SMARTS) is 1. The fraction of sp³-hybridized carbons (Fsp3) is 0.917. The standard InChI is InChI=1S/C24H38O5/c1-13(4-7-19(26)27)15-5-6-16-20-17(9-11-23(15,16)2)24(3)10-8-14(25)12-18(24)21(28)22(20)29/h13,15-18,20-22,28-29H,4-12H2,1-3H3,(H,26,27)/t13-,15-,16+,17+,18+,20+,21+,22+,23-,24-/m1/s1. The molecule has 0 spiro atoms. The predicted octanol–water partition coefficient (Wildman–Crippen LogP) is 3.66. The van der Waals surface area contributed by atoms with Crippen molar-refractivity contribution in [2.24, 2.45) is 46.3 Å². The van der Waals surface area contributed by atoms with Gasteiger partial charge in [-0.1, -0.05) is 20.8 Å². The largest absolute Gasteiger partial charge is 0.481 e.